The lowest BCUT2D eigenvalue weighted by Crippen LogP contribution is -2.39. The van der Waals surface area contributed by atoms with E-state index in [1.54, 1.807) is 7.05 Å². The molecule has 1 aliphatic rings. The molecule has 0 bridgehead atoms. The van der Waals surface area contributed by atoms with Gasteiger partial charge in [0.15, 0.2) is 16.8 Å². The molecule has 1 aliphatic heterocycles. The number of para-hydroxylation sites is 1. The molecule has 1 amide bonds. The molecule has 34 heavy (non-hydrogen) atoms. The smallest absolute Gasteiger partial charge is 0.224 e. The molecule has 4 rings (SSSR count). The highest BCUT2D eigenvalue weighted by Gasteiger charge is 2.33. The maximum absolute atomic E-state index is 14.4. The first-order chi connectivity index (χ1) is 16.3. The predicted octanol–water partition coefficient (Wildman–Crippen LogP) is 5.00. The Bertz CT molecular complexity index is 1210. The average molecular weight is 491 g/mol. The molecule has 1 N–H and O–H groups in total. The predicted molar refractivity (Wildman–Crippen MR) is 126 cm³/mol. The molecule has 0 unspecified atom stereocenters. The molecule has 9 heteroatoms. The number of carbonyl (C=O) groups excluding carboxylic acids is 1. The molecule has 0 spiro atoms. The fraction of sp³-hybridized carbons (Fsp3) is 0.360. The van der Waals surface area contributed by atoms with Crippen LogP contribution in [0.1, 0.15) is 42.0 Å². The Morgan fingerprint density at radius 3 is 2.68 bits per heavy atom. The van der Waals surface area contributed by atoms with Gasteiger partial charge in [-0.05, 0) is 36.1 Å². The molecule has 5 nitrogen and oxygen atoms in total. The van der Waals surface area contributed by atoms with E-state index in [1.165, 1.54) is 0 Å². The Balaban J connectivity index is 1.75. The zero-order valence-electron chi connectivity index (χ0n) is 19.0. The van der Waals surface area contributed by atoms with E-state index in [9.17, 15) is 18.0 Å². The maximum atomic E-state index is 14.4. The molecular formula is C25H26ClF3N4O. The SMILES string of the molecule is CCc1nc(Cl)c2n1CCN(c1ccccc1CC(=O)NC)[C@@H]2CCc1cc(F)cc(F)c1F. The third-order valence-electron chi connectivity index (χ3n) is 6.30. The van der Waals surface area contributed by atoms with Crippen molar-refractivity contribution in [2.24, 2.45) is 0 Å². The molecule has 1 atom stereocenters. The van der Waals surface area contributed by atoms with Gasteiger partial charge in [-0.1, -0.05) is 36.7 Å². The van der Waals surface area contributed by atoms with Crippen LogP contribution in [-0.4, -0.2) is 29.1 Å². The van der Waals surface area contributed by atoms with Crippen LogP contribution in [0.3, 0.4) is 0 Å². The number of hydrogen-bond donors (Lipinski definition) is 1. The van der Waals surface area contributed by atoms with Crippen molar-refractivity contribution in [1.29, 1.82) is 0 Å². The minimum atomic E-state index is -1.21. The van der Waals surface area contributed by atoms with Crippen LogP contribution in [0.2, 0.25) is 5.15 Å². The van der Waals surface area contributed by atoms with Crippen LogP contribution in [0.4, 0.5) is 18.9 Å². The van der Waals surface area contributed by atoms with Crippen molar-refractivity contribution in [1.82, 2.24) is 14.9 Å². The van der Waals surface area contributed by atoms with Gasteiger partial charge in [-0.3, -0.25) is 4.79 Å². The second-order valence-corrected chi connectivity index (χ2v) is 8.65. The Morgan fingerprint density at radius 1 is 1.18 bits per heavy atom. The van der Waals surface area contributed by atoms with E-state index in [0.29, 0.717) is 37.2 Å². The number of aromatic nitrogens is 2. The van der Waals surface area contributed by atoms with E-state index in [2.05, 4.69) is 19.8 Å². The molecule has 2 heterocycles. The zero-order valence-corrected chi connectivity index (χ0v) is 19.8. The van der Waals surface area contributed by atoms with E-state index < -0.39 is 17.5 Å². The zero-order chi connectivity index (χ0) is 24.4. The minimum Gasteiger partial charge on any atom is -0.361 e. The van der Waals surface area contributed by atoms with Gasteiger partial charge >= 0.3 is 0 Å². The number of nitrogens with zero attached hydrogens (tertiary/aromatic N) is 3. The van der Waals surface area contributed by atoms with Gasteiger partial charge in [0.2, 0.25) is 5.91 Å². The highest BCUT2D eigenvalue weighted by Crippen LogP contribution is 2.40. The van der Waals surface area contributed by atoms with Crippen LogP contribution in [0.5, 0.6) is 0 Å². The lowest BCUT2D eigenvalue weighted by atomic mass is 9.97. The summed E-state index contributed by atoms with van der Waals surface area (Å²) in [5, 5.41) is 3.01. The number of carbonyl (C=O) groups is 1. The van der Waals surface area contributed by atoms with Crippen molar-refractivity contribution in [2.75, 3.05) is 18.5 Å². The average Bonchev–Trinajstić information content (AvgIpc) is 3.16. The fourth-order valence-corrected chi connectivity index (χ4v) is 5.02. The Labute approximate surface area is 201 Å². The van der Waals surface area contributed by atoms with Crippen molar-refractivity contribution in [3.05, 3.63) is 81.6 Å². The summed E-state index contributed by atoms with van der Waals surface area (Å²) in [7, 11) is 1.59. The van der Waals surface area contributed by atoms with E-state index in [4.69, 9.17) is 11.6 Å². The lowest BCUT2D eigenvalue weighted by Gasteiger charge is -2.40. The van der Waals surface area contributed by atoms with Gasteiger partial charge in [0.05, 0.1) is 18.2 Å². The number of nitrogens with one attached hydrogen (secondary N) is 1. The Hall–Kier alpha value is -3.00. The van der Waals surface area contributed by atoms with Gasteiger partial charge in [0, 0.05) is 38.3 Å². The third-order valence-corrected chi connectivity index (χ3v) is 6.58. The standard InChI is InChI=1S/C25H26ClF3N4O/c1-3-21-31-25(26)24-20(9-8-16-12-17(27)14-18(28)23(16)29)32(10-11-33(21)24)19-7-5-4-6-15(19)13-22(34)30-2/h4-7,12,14,20H,3,8-11,13H2,1-2H3,(H,30,34)/t20-/m1/s1. The van der Waals surface area contributed by atoms with Gasteiger partial charge in [0.25, 0.3) is 0 Å². The summed E-state index contributed by atoms with van der Waals surface area (Å²) in [5.74, 6) is -2.33. The first-order valence-electron chi connectivity index (χ1n) is 11.3. The number of aryl methyl sites for hydroxylation is 2. The molecule has 1 aromatic heterocycles. The summed E-state index contributed by atoms with van der Waals surface area (Å²) in [5.41, 5.74) is 2.47. The number of benzene rings is 2. The minimum absolute atomic E-state index is 0.0282. The fourth-order valence-electron chi connectivity index (χ4n) is 4.70. The van der Waals surface area contributed by atoms with Gasteiger partial charge in [-0.2, -0.15) is 0 Å². The first-order valence-corrected chi connectivity index (χ1v) is 11.6. The summed E-state index contributed by atoms with van der Waals surface area (Å²) in [6, 6.07) is 8.85. The van der Waals surface area contributed by atoms with Gasteiger partial charge < -0.3 is 14.8 Å². The van der Waals surface area contributed by atoms with Gasteiger partial charge in [0.1, 0.15) is 11.6 Å². The molecule has 2 aromatic carbocycles. The van der Waals surface area contributed by atoms with Gasteiger partial charge in [-0.25, -0.2) is 18.2 Å². The van der Waals surface area contributed by atoms with E-state index in [1.807, 2.05) is 31.2 Å². The summed E-state index contributed by atoms with van der Waals surface area (Å²) in [6.07, 6.45) is 1.35. The summed E-state index contributed by atoms with van der Waals surface area (Å²) < 4.78 is 44.1. The normalized spacial score (nSPS) is 15.4. The second-order valence-electron chi connectivity index (χ2n) is 8.30. The maximum Gasteiger partial charge on any atom is 0.224 e. The second kappa shape index (κ2) is 10.1. The molecular weight excluding hydrogens is 465 g/mol. The summed E-state index contributed by atoms with van der Waals surface area (Å²) in [4.78, 5) is 18.8. The number of fused-ring (bicyclic) bond motifs is 1. The van der Waals surface area contributed by atoms with Crippen LogP contribution in [0.15, 0.2) is 36.4 Å². The molecule has 0 fully saturated rings. The number of anilines is 1. The van der Waals surface area contributed by atoms with Crippen molar-refractivity contribution >= 4 is 23.2 Å². The first kappa shape index (κ1) is 24.1. The van der Waals surface area contributed by atoms with Crippen molar-refractivity contribution < 1.29 is 18.0 Å². The number of rotatable bonds is 7. The van der Waals surface area contributed by atoms with Crippen LogP contribution >= 0.6 is 11.6 Å². The molecule has 0 aliphatic carbocycles. The van der Waals surface area contributed by atoms with Crippen LogP contribution in [-0.2, 0) is 30.6 Å². The van der Waals surface area contributed by atoms with Crippen LogP contribution < -0.4 is 10.2 Å². The number of hydrogen-bond acceptors (Lipinski definition) is 3. The molecule has 180 valence electrons. The van der Waals surface area contributed by atoms with Crippen molar-refractivity contribution in [2.45, 2.75) is 45.2 Å². The highest BCUT2D eigenvalue weighted by molar-refractivity contribution is 6.30. The highest BCUT2D eigenvalue weighted by atomic mass is 35.5. The largest absolute Gasteiger partial charge is 0.361 e. The Morgan fingerprint density at radius 2 is 1.94 bits per heavy atom. The molecule has 0 saturated carbocycles. The third kappa shape index (κ3) is 4.64. The van der Waals surface area contributed by atoms with E-state index in [0.717, 1.165) is 28.8 Å². The monoisotopic (exact) mass is 490 g/mol. The number of halogens is 4. The van der Waals surface area contributed by atoms with E-state index >= 15 is 0 Å². The van der Waals surface area contributed by atoms with Crippen molar-refractivity contribution in [3.63, 3.8) is 0 Å². The quantitative estimate of drug-likeness (QED) is 0.474. The van der Waals surface area contributed by atoms with Gasteiger partial charge in [-0.15, -0.1) is 0 Å². The number of likely N-dealkylation sites (N-methyl/N-ethyl adjacent to an activating group) is 1. The summed E-state index contributed by atoms with van der Waals surface area (Å²) >= 11 is 6.58. The molecule has 3 aromatic rings. The summed E-state index contributed by atoms with van der Waals surface area (Å²) in [6.45, 7) is 3.25. The lowest BCUT2D eigenvalue weighted by molar-refractivity contribution is -0.119. The molecule has 0 radical (unpaired) electrons. The van der Waals surface area contributed by atoms with Crippen LogP contribution in [0.25, 0.3) is 0 Å². The topological polar surface area (TPSA) is 50.2 Å². The number of amides is 1. The Kier molecular flexibility index (Phi) is 7.16. The van der Waals surface area contributed by atoms with E-state index in [-0.39, 0.29) is 30.4 Å². The van der Waals surface area contributed by atoms with Crippen LogP contribution in [0, 0.1) is 17.5 Å². The van der Waals surface area contributed by atoms with Crippen molar-refractivity contribution in [3.8, 4) is 0 Å². The number of imidazole rings is 1. The molecule has 0 saturated heterocycles.